The van der Waals surface area contributed by atoms with Crippen molar-refractivity contribution in [2.24, 2.45) is 0 Å². The summed E-state index contributed by atoms with van der Waals surface area (Å²) in [6, 6.07) is 0. The second-order valence-electron chi connectivity index (χ2n) is 3.52. The number of carbonyl (C=O) groups is 1. The highest BCUT2D eigenvalue weighted by atomic mass is 32.2. The zero-order valence-corrected chi connectivity index (χ0v) is 13.5. The molecule has 0 aliphatic carbocycles. The molecule has 0 aromatic carbocycles. The molecule has 0 radical (unpaired) electrons. The molecule has 0 aliphatic heterocycles. The smallest absolute Gasteiger partial charge is 0.350 e. The summed E-state index contributed by atoms with van der Waals surface area (Å²) in [5.41, 5.74) is 5.86. The van der Waals surface area contributed by atoms with Crippen molar-refractivity contribution in [1.82, 2.24) is 0 Å². The molecule has 108 valence electrons. The fourth-order valence-corrected chi connectivity index (χ4v) is 5.61. The van der Waals surface area contributed by atoms with E-state index in [9.17, 15) is 13.2 Å². The van der Waals surface area contributed by atoms with Crippen molar-refractivity contribution < 1.29 is 17.9 Å². The molecule has 1 heterocycles. The van der Waals surface area contributed by atoms with Gasteiger partial charge in [0.25, 0.3) is 0 Å². The van der Waals surface area contributed by atoms with Crippen LogP contribution in [0, 0.1) is 0 Å². The van der Waals surface area contributed by atoms with Crippen LogP contribution in [0.5, 0.6) is 0 Å². The second kappa shape index (κ2) is 6.62. The molecule has 0 spiro atoms. The minimum Gasteiger partial charge on any atom is -0.462 e. The summed E-state index contributed by atoms with van der Waals surface area (Å²) < 4.78 is 29.6. The first-order valence-electron chi connectivity index (χ1n) is 5.83. The molecule has 0 fully saturated rings. The maximum Gasteiger partial charge on any atom is 0.350 e. The number of nitrogens with two attached hydrogens (primary N) is 1. The molecule has 0 amide bonds. The Kier molecular flexibility index (Phi) is 5.69. The first kappa shape index (κ1) is 16.3. The van der Waals surface area contributed by atoms with Gasteiger partial charge < -0.3 is 10.5 Å². The normalized spacial score (nSPS) is 11.5. The highest BCUT2D eigenvalue weighted by molar-refractivity contribution is 8.02. The lowest BCUT2D eigenvalue weighted by Gasteiger charge is -2.04. The molecule has 0 unspecified atom stereocenters. The van der Waals surface area contributed by atoms with E-state index in [1.165, 1.54) is 11.8 Å². The Morgan fingerprint density at radius 1 is 1.37 bits per heavy atom. The molecular weight excluding hydrogens is 306 g/mol. The van der Waals surface area contributed by atoms with E-state index in [0.29, 0.717) is 9.96 Å². The van der Waals surface area contributed by atoms with Crippen LogP contribution in [0.25, 0.3) is 0 Å². The summed E-state index contributed by atoms with van der Waals surface area (Å²) in [7, 11) is -3.45. The van der Waals surface area contributed by atoms with Crippen molar-refractivity contribution in [2.45, 2.75) is 29.9 Å². The van der Waals surface area contributed by atoms with E-state index in [1.54, 1.807) is 13.8 Å². The molecule has 1 rings (SSSR count). The summed E-state index contributed by atoms with van der Waals surface area (Å²) in [5, 5.41) is 0. The minimum atomic E-state index is -3.45. The SMILES string of the molecule is CCOC(=O)c1sc(SCC)c(S(=O)(=O)CC)c1N. The number of sulfone groups is 1. The summed E-state index contributed by atoms with van der Waals surface area (Å²) in [4.78, 5) is 12.0. The average molecular weight is 323 g/mol. The fraction of sp³-hybridized carbons (Fsp3) is 0.545. The van der Waals surface area contributed by atoms with Crippen molar-refractivity contribution in [3.63, 3.8) is 0 Å². The number of hydrogen-bond acceptors (Lipinski definition) is 7. The third-order valence-electron chi connectivity index (χ3n) is 2.30. The molecule has 0 saturated heterocycles. The van der Waals surface area contributed by atoms with Gasteiger partial charge >= 0.3 is 5.97 Å². The van der Waals surface area contributed by atoms with Gasteiger partial charge in [-0.2, -0.15) is 0 Å². The van der Waals surface area contributed by atoms with E-state index >= 15 is 0 Å². The number of thiophene rings is 1. The molecule has 19 heavy (non-hydrogen) atoms. The highest BCUT2D eigenvalue weighted by Gasteiger charge is 2.29. The average Bonchev–Trinajstić information content (AvgIpc) is 2.68. The number of rotatable bonds is 6. The standard InChI is InChI=1S/C11H17NO4S3/c1-4-16-10(13)8-7(12)9(19(14,15)6-3)11(18-8)17-5-2/h4-6,12H2,1-3H3. The van der Waals surface area contributed by atoms with Gasteiger partial charge in [0, 0.05) is 0 Å². The number of carbonyl (C=O) groups excluding carboxylic acids is 1. The van der Waals surface area contributed by atoms with Crippen LogP contribution in [0.2, 0.25) is 0 Å². The predicted octanol–water partition coefficient (Wildman–Crippen LogP) is 2.41. The Hall–Kier alpha value is -0.730. The lowest BCUT2D eigenvalue weighted by molar-refractivity contribution is 0.0533. The van der Waals surface area contributed by atoms with E-state index in [2.05, 4.69) is 0 Å². The maximum absolute atomic E-state index is 12.1. The number of thioether (sulfide) groups is 1. The molecule has 0 aliphatic rings. The number of nitrogen functional groups attached to an aromatic ring is 1. The van der Waals surface area contributed by atoms with Gasteiger partial charge in [0.05, 0.1) is 22.3 Å². The van der Waals surface area contributed by atoms with Crippen LogP contribution in [-0.4, -0.2) is 32.5 Å². The molecule has 0 atom stereocenters. The Morgan fingerprint density at radius 3 is 2.47 bits per heavy atom. The van der Waals surface area contributed by atoms with E-state index in [4.69, 9.17) is 10.5 Å². The highest BCUT2D eigenvalue weighted by Crippen LogP contribution is 2.41. The second-order valence-corrected chi connectivity index (χ2v) is 8.29. The zero-order valence-electron chi connectivity index (χ0n) is 11.1. The van der Waals surface area contributed by atoms with Crippen LogP contribution >= 0.6 is 23.1 Å². The quantitative estimate of drug-likeness (QED) is 0.639. The Labute approximate surface area is 121 Å². The lowest BCUT2D eigenvalue weighted by Crippen LogP contribution is -2.09. The van der Waals surface area contributed by atoms with Gasteiger partial charge in [0.15, 0.2) is 9.84 Å². The molecule has 0 bridgehead atoms. The number of anilines is 1. The van der Waals surface area contributed by atoms with E-state index in [0.717, 1.165) is 11.3 Å². The third kappa shape index (κ3) is 3.43. The first-order valence-corrected chi connectivity index (χ1v) is 9.29. The van der Waals surface area contributed by atoms with Gasteiger partial charge in [0.2, 0.25) is 0 Å². The minimum absolute atomic E-state index is 0.0150. The predicted molar refractivity (Wildman–Crippen MR) is 78.8 cm³/mol. The third-order valence-corrected chi connectivity index (χ3v) is 6.70. The molecule has 0 saturated carbocycles. The number of hydrogen-bond donors (Lipinski definition) is 1. The largest absolute Gasteiger partial charge is 0.462 e. The topological polar surface area (TPSA) is 86.5 Å². The van der Waals surface area contributed by atoms with Crippen molar-refractivity contribution in [2.75, 3.05) is 23.8 Å². The van der Waals surface area contributed by atoms with Gasteiger partial charge in [-0.05, 0) is 12.7 Å². The van der Waals surface area contributed by atoms with Gasteiger partial charge in [0.1, 0.15) is 9.77 Å². The Bertz CT molecular complexity index is 563. The summed E-state index contributed by atoms with van der Waals surface area (Å²) in [5.74, 6) is 0.0857. The summed E-state index contributed by atoms with van der Waals surface area (Å²) >= 11 is 2.45. The fourth-order valence-electron chi connectivity index (χ4n) is 1.42. The Morgan fingerprint density at radius 2 is 2.00 bits per heavy atom. The van der Waals surface area contributed by atoms with E-state index in [1.807, 2.05) is 6.92 Å². The van der Waals surface area contributed by atoms with Crippen LogP contribution in [0.1, 0.15) is 30.4 Å². The maximum atomic E-state index is 12.1. The van der Waals surface area contributed by atoms with E-state index in [-0.39, 0.29) is 27.8 Å². The van der Waals surface area contributed by atoms with Crippen molar-refractivity contribution in [3.05, 3.63) is 4.88 Å². The number of esters is 1. The van der Waals surface area contributed by atoms with Crippen molar-refractivity contribution in [1.29, 1.82) is 0 Å². The molecular formula is C11H17NO4S3. The number of ether oxygens (including phenoxy) is 1. The lowest BCUT2D eigenvalue weighted by atomic mass is 10.4. The van der Waals surface area contributed by atoms with Crippen LogP contribution in [0.4, 0.5) is 5.69 Å². The van der Waals surface area contributed by atoms with E-state index < -0.39 is 15.8 Å². The molecule has 1 aromatic rings. The van der Waals surface area contributed by atoms with Gasteiger partial charge in [-0.25, -0.2) is 13.2 Å². The first-order chi connectivity index (χ1) is 8.88. The van der Waals surface area contributed by atoms with Crippen molar-refractivity contribution >= 4 is 44.6 Å². The van der Waals surface area contributed by atoms with Gasteiger partial charge in [-0.1, -0.05) is 13.8 Å². The van der Waals surface area contributed by atoms with Crippen molar-refractivity contribution in [3.8, 4) is 0 Å². The zero-order chi connectivity index (χ0) is 14.6. The van der Waals surface area contributed by atoms with Crippen LogP contribution in [0.3, 0.4) is 0 Å². The van der Waals surface area contributed by atoms with Crippen LogP contribution in [0.15, 0.2) is 9.10 Å². The van der Waals surface area contributed by atoms with Crippen LogP contribution < -0.4 is 5.73 Å². The monoisotopic (exact) mass is 323 g/mol. The summed E-state index contributed by atoms with van der Waals surface area (Å²) in [6.07, 6.45) is 0. The van der Waals surface area contributed by atoms with Crippen LogP contribution in [-0.2, 0) is 14.6 Å². The molecule has 1 aromatic heterocycles. The molecule has 5 nitrogen and oxygen atoms in total. The molecule has 8 heteroatoms. The summed E-state index contributed by atoms with van der Waals surface area (Å²) in [6.45, 7) is 5.37. The van der Waals surface area contributed by atoms with Gasteiger partial charge in [-0.3, -0.25) is 0 Å². The molecule has 2 N–H and O–H groups in total. The van der Waals surface area contributed by atoms with Gasteiger partial charge in [-0.15, -0.1) is 23.1 Å². The Balaban J connectivity index is 3.41.